The number of nitrogens with zero attached hydrogens (tertiary/aromatic N) is 1. The number of nitrogens with one attached hydrogen (secondary N) is 1. The molecule has 0 unspecified atom stereocenters. The average molecular weight is 427 g/mol. The van der Waals surface area contributed by atoms with Crippen LogP contribution in [0.4, 0.5) is 0 Å². The van der Waals surface area contributed by atoms with E-state index >= 15 is 0 Å². The summed E-state index contributed by atoms with van der Waals surface area (Å²) in [6, 6.07) is 9.06. The minimum atomic E-state index is -0.210. The Morgan fingerprint density at radius 1 is 0.871 bits per heavy atom. The van der Waals surface area contributed by atoms with Crippen LogP contribution in [0.2, 0.25) is 0 Å². The monoisotopic (exact) mass is 426 g/mol. The van der Waals surface area contributed by atoms with Gasteiger partial charge in [-0.2, -0.15) is 0 Å². The Morgan fingerprint density at radius 2 is 1.48 bits per heavy atom. The van der Waals surface area contributed by atoms with E-state index in [-0.39, 0.29) is 17.9 Å². The summed E-state index contributed by atoms with van der Waals surface area (Å²) in [7, 11) is 4.55. The van der Waals surface area contributed by atoms with Gasteiger partial charge in [-0.15, -0.1) is 0 Å². The molecule has 7 nitrogen and oxygen atoms in total. The summed E-state index contributed by atoms with van der Waals surface area (Å²) in [5.74, 6) is 1.14. The number of methoxy groups -OCH3 is 3. The quantitative estimate of drug-likeness (QED) is 0.766. The highest BCUT2D eigenvalue weighted by Gasteiger charge is 2.26. The summed E-state index contributed by atoms with van der Waals surface area (Å²) in [5.41, 5.74) is 3.43. The molecule has 31 heavy (non-hydrogen) atoms. The smallest absolute Gasteiger partial charge is 0.253 e. The highest BCUT2D eigenvalue weighted by molar-refractivity contribution is 5.96. The van der Waals surface area contributed by atoms with Gasteiger partial charge in [-0.1, -0.05) is 6.07 Å². The molecule has 1 saturated heterocycles. The van der Waals surface area contributed by atoms with E-state index in [1.165, 1.54) is 26.9 Å². The Morgan fingerprint density at radius 3 is 2.00 bits per heavy atom. The van der Waals surface area contributed by atoms with Crippen LogP contribution in [0.1, 0.15) is 44.7 Å². The Balaban J connectivity index is 1.62. The van der Waals surface area contributed by atoms with Gasteiger partial charge in [0.15, 0.2) is 11.5 Å². The largest absolute Gasteiger partial charge is 0.493 e. The fraction of sp³-hybridized carbons (Fsp3) is 0.417. The number of rotatable bonds is 6. The fourth-order valence-electron chi connectivity index (χ4n) is 3.76. The maximum absolute atomic E-state index is 12.8. The zero-order valence-corrected chi connectivity index (χ0v) is 18.8. The molecule has 0 saturated carbocycles. The van der Waals surface area contributed by atoms with Crippen LogP contribution < -0.4 is 19.5 Å². The molecule has 7 heteroatoms. The van der Waals surface area contributed by atoms with Crippen LogP contribution in [0.5, 0.6) is 17.2 Å². The molecule has 2 aromatic rings. The number of aryl methyl sites for hydroxylation is 2. The second-order valence-electron chi connectivity index (χ2n) is 7.75. The van der Waals surface area contributed by atoms with Crippen LogP contribution in [-0.4, -0.2) is 57.2 Å². The molecule has 0 atom stereocenters. The van der Waals surface area contributed by atoms with Crippen molar-refractivity contribution in [3.8, 4) is 17.2 Å². The van der Waals surface area contributed by atoms with Crippen molar-refractivity contribution >= 4 is 11.8 Å². The molecule has 0 spiro atoms. The first-order valence-corrected chi connectivity index (χ1v) is 10.3. The first-order valence-electron chi connectivity index (χ1n) is 10.3. The van der Waals surface area contributed by atoms with E-state index in [4.69, 9.17) is 14.2 Å². The van der Waals surface area contributed by atoms with Crippen molar-refractivity contribution in [3.05, 3.63) is 52.6 Å². The average Bonchev–Trinajstić information content (AvgIpc) is 2.79. The third-order valence-electron chi connectivity index (χ3n) is 5.80. The van der Waals surface area contributed by atoms with Gasteiger partial charge in [0, 0.05) is 30.3 Å². The van der Waals surface area contributed by atoms with Gasteiger partial charge in [0.2, 0.25) is 5.75 Å². The van der Waals surface area contributed by atoms with E-state index < -0.39 is 0 Å². The first-order chi connectivity index (χ1) is 14.9. The molecule has 2 amide bonds. The van der Waals surface area contributed by atoms with Crippen molar-refractivity contribution in [2.45, 2.75) is 32.7 Å². The molecule has 1 aliphatic heterocycles. The Kier molecular flexibility index (Phi) is 7.05. The second-order valence-corrected chi connectivity index (χ2v) is 7.75. The summed E-state index contributed by atoms with van der Waals surface area (Å²) in [6.07, 6.45) is 1.40. The van der Waals surface area contributed by atoms with E-state index in [2.05, 4.69) is 5.32 Å². The Labute approximate surface area is 183 Å². The number of hydrogen-bond acceptors (Lipinski definition) is 5. The third-order valence-corrected chi connectivity index (χ3v) is 5.80. The van der Waals surface area contributed by atoms with E-state index in [0.717, 1.165) is 5.56 Å². The molecule has 0 radical (unpaired) electrons. The van der Waals surface area contributed by atoms with Crippen molar-refractivity contribution in [1.82, 2.24) is 10.2 Å². The van der Waals surface area contributed by atoms with Gasteiger partial charge in [-0.3, -0.25) is 9.59 Å². The van der Waals surface area contributed by atoms with Crippen molar-refractivity contribution in [1.29, 1.82) is 0 Å². The van der Waals surface area contributed by atoms with Crippen LogP contribution >= 0.6 is 0 Å². The molecule has 166 valence electrons. The SMILES string of the molecule is COc1cc(C(=O)NC2CCN(C(=O)c3ccc(C)c(C)c3)CC2)cc(OC)c1OC. The molecule has 1 N–H and O–H groups in total. The van der Waals surface area contributed by atoms with Gasteiger partial charge in [0.1, 0.15) is 0 Å². The first kappa shape index (κ1) is 22.5. The summed E-state index contributed by atoms with van der Waals surface area (Å²) in [6.45, 7) is 5.25. The zero-order valence-electron chi connectivity index (χ0n) is 18.8. The number of carbonyl (C=O) groups excluding carboxylic acids is 2. The number of carbonyl (C=O) groups is 2. The summed E-state index contributed by atoms with van der Waals surface area (Å²) < 4.78 is 16.0. The molecular weight excluding hydrogens is 396 g/mol. The number of piperidine rings is 1. The Hall–Kier alpha value is -3.22. The van der Waals surface area contributed by atoms with Crippen LogP contribution in [0.25, 0.3) is 0 Å². The lowest BCUT2D eigenvalue weighted by molar-refractivity contribution is 0.0698. The van der Waals surface area contributed by atoms with Crippen LogP contribution in [0.15, 0.2) is 30.3 Å². The van der Waals surface area contributed by atoms with Crippen molar-refractivity contribution < 1.29 is 23.8 Å². The lowest BCUT2D eigenvalue weighted by Crippen LogP contribution is -2.46. The number of hydrogen-bond donors (Lipinski definition) is 1. The zero-order chi connectivity index (χ0) is 22.5. The minimum absolute atomic E-state index is 0.00426. The topological polar surface area (TPSA) is 77.1 Å². The molecule has 1 fully saturated rings. The minimum Gasteiger partial charge on any atom is -0.493 e. The van der Waals surface area contributed by atoms with Gasteiger partial charge in [0.05, 0.1) is 21.3 Å². The molecule has 1 heterocycles. The standard InChI is InChI=1S/C24H30N2O5/c1-15-6-7-17(12-16(15)2)24(28)26-10-8-19(9-11-26)25-23(27)18-13-20(29-3)22(31-5)21(14-18)30-4/h6-7,12-14,19H,8-11H2,1-5H3,(H,25,27). The third kappa shape index (κ3) is 4.93. The van der Waals surface area contributed by atoms with E-state index in [1.54, 1.807) is 12.1 Å². The predicted octanol–water partition coefficient (Wildman–Crippen LogP) is 3.36. The van der Waals surface area contributed by atoms with Gasteiger partial charge >= 0.3 is 0 Å². The summed E-state index contributed by atoms with van der Waals surface area (Å²) in [4.78, 5) is 27.5. The summed E-state index contributed by atoms with van der Waals surface area (Å²) in [5, 5.41) is 3.06. The molecule has 0 aliphatic carbocycles. The van der Waals surface area contributed by atoms with Gasteiger partial charge in [0.25, 0.3) is 11.8 Å². The highest BCUT2D eigenvalue weighted by Crippen LogP contribution is 2.38. The number of ether oxygens (including phenoxy) is 3. The lowest BCUT2D eigenvalue weighted by Gasteiger charge is -2.32. The van der Waals surface area contributed by atoms with Gasteiger partial charge < -0.3 is 24.4 Å². The molecule has 0 aromatic heterocycles. The normalized spacial score (nSPS) is 14.2. The molecule has 1 aliphatic rings. The van der Waals surface area contributed by atoms with Gasteiger partial charge in [-0.05, 0) is 62.1 Å². The van der Waals surface area contributed by atoms with Crippen molar-refractivity contribution in [2.75, 3.05) is 34.4 Å². The Bertz CT molecular complexity index is 939. The number of amides is 2. The molecule has 2 aromatic carbocycles. The van der Waals surface area contributed by atoms with E-state index in [9.17, 15) is 9.59 Å². The van der Waals surface area contributed by atoms with E-state index in [1.807, 2.05) is 36.9 Å². The molecule has 3 rings (SSSR count). The molecular formula is C24H30N2O5. The lowest BCUT2D eigenvalue weighted by atomic mass is 10.0. The van der Waals surface area contributed by atoms with Crippen molar-refractivity contribution in [3.63, 3.8) is 0 Å². The van der Waals surface area contributed by atoms with Crippen LogP contribution in [0.3, 0.4) is 0 Å². The fourth-order valence-corrected chi connectivity index (χ4v) is 3.76. The van der Waals surface area contributed by atoms with Crippen LogP contribution in [0, 0.1) is 13.8 Å². The number of benzene rings is 2. The number of likely N-dealkylation sites (tertiary alicyclic amines) is 1. The van der Waals surface area contributed by atoms with E-state index in [0.29, 0.717) is 54.3 Å². The second kappa shape index (κ2) is 9.73. The predicted molar refractivity (Wildman–Crippen MR) is 118 cm³/mol. The van der Waals surface area contributed by atoms with Crippen molar-refractivity contribution in [2.24, 2.45) is 0 Å². The molecule has 0 bridgehead atoms. The highest BCUT2D eigenvalue weighted by atomic mass is 16.5. The van der Waals surface area contributed by atoms with Crippen LogP contribution in [-0.2, 0) is 0 Å². The maximum Gasteiger partial charge on any atom is 0.253 e. The maximum atomic E-state index is 12.8. The van der Waals surface area contributed by atoms with Gasteiger partial charge in [-0.25, -0.2) is 0 Å². The summed E-state index contributed by atoms with van der Waals surface area (Å²) >= 11 is 0.